The molecule has 4 aromatic rings. The molecule has 1 heterocycles. The number of nitrogens with one attached hydrogen (secondary N) is 1. The number of aliphatic hydroxyl groups is 1. The number of rotatable bonds is 9. The van der Waals surface area contributed by atoms with E-state index >= 15 is 0 Å². The minimum Gasteiger partial charge on any atom is -0.436 e. The Hall–Kier alpha value is -4.69. The van der Waals surface area contributed by atoms with Crippen LogP contribution in [0.5, 0.6) is 0 Å². The fourth-order valence-electron chi connectivity index (χ4n) is 4.11. The number of carbonyl (C=O) groups excluding carboxylic acids is 2. The Labute approximate surface area is 221 Å². The molecule has 2 atom stereocenters. The average Bonchev–Trinajstić information content (AvgIpc) is 2.96. The molecule has 194 valence electrons. The van der Waals surface area contributed by atoms with Gasteiger partial charge in [-0.1, -0.05) is 54.6 Å². The molecule has 0 bridgehead atoms. The topological polar surface area (TPSA) is 118 Å². The highest BCUT2D eigenvalue weighted by molar-refractivity contribution is 6.05. The first-order valence-corrected chi connectivity index (χ1v) is 12.3. The molecule has 0 saturated carbocycles. The van der Waals surface area contributed by atoms with Crippen molar-refractivity contribution in [1.82, 2.24) is 9.88 Å². The van der Waals surface area contributed by atoms with Crippen LogP contribution in [-0.2, 0) is 4.74 Å². The standard InChI is InChI=1S/C30H30N4O4/c1-21(22-15-17-32-18-16-22)34(19-20-35)30(37)38-28(23-7-3-2-4-8-23)24-11-13-25(14-12-24)29(36)33-27-10-6-5-9-26(27)31/h2-18,21,28,35H,19-20,31H2,1H3,(H,33,36)/t21-,28-/m0/s1. The highest BCUT2D eigenvalue weighted by Crippen LogP contribution is 2.29. The molecule has 0 aliphatic carbocycles. The summed E-state index contributed by atoms with van der Waals surface area (Å²) in [6.07, 6.45) is 2.02. The van der Waals surface area contributed by atoms with Crippen molar-refractivity contribution < 1.29 is 19.4 Å². The Kier molecular flexibility index (Phi) is 8.69. The van der Waals surface area contributed by atoms with Crippen LogP contribution in [0.25, 0.3) is 0 Å². The molecule has 1 aromatic heterocycles. The molecule has 3 aromatic carbocycles. The normalized spacial score (nSPS) is 12.3. The van der Waals surface area contributed by atoms with E-state index in [9.17, 15) is 14.7 Å². The third-order valence-electron chi connectivity index (χ3n) is 6.24. The van der Waals surface area contributed by atoms with Gasteiger partial charge >= 0.3 is 6.09 Å². The van der Waals surface area contributed by atoms with Gasteiger partial charge < -0.3 is 20.9 Å². The van der Waals surface area contributed by atoms with Crippen molar-refractivity contribution in [2.45, 2.75) is 19.1 Å². The smallest absolute Gasteiger partial charge is 0.411 e. The van der Waals surface area contributed by atoms with E-state index in [2.05, 4.69) is 10.3 Å². The molecule has 0 spiro atoms. The number of carbonyl (C=O) groups is 2. The van der Waals surface area contributed by atoms with Gasteiger partial charge in [-0.25, -0.2) is 4.79 Å². The molecule has 0 aliphatic heterocycles. The largest absolute Gasteiger partial charge is 0.436 e. The predicted octanol–water partition coefficient (Wildman–Crippen LogP) is 5.20. The van der Waals surface area contributed by atoms with Crippen molar-refractivity contribution in [3.8, 4) is 0 Å². The van der Waals surface area contributed by atoms with Gasteiger partial charge in [0.2, 0.25) is 0 Å². The number of para-hydroxylation sites is 2. The second kappa shape index (κ2) is 12.5. The van der Waals surface area contributed by atoms with Crippen molar-refractivity contribution in [1.29, 1.82) is 0 Å². The van der Waals surface area contributed by atoms with Crippen molar-refractivity contribution >= 4 is 23.4 Å². The zero-order valence-electron chi connectivity index (χ0n) is 21.0. The maximum Gasteiger partial charge on any atom is 0.411 e. The Morgan fingerprint density at radius 1 is 0.895 bits per heavy atom. The molecule has 8 heteroatoms. The number of hydrogen-bond donors (Lipinski definition) is 3. The van der Waals surface area contributed by atoms with Crippen molar-refractivity contribution in [2.24, 2.45) is 0 Å². The number of nitrogens with two attached hydrogens (primary N) is 1. The lowest BCUT2D eigenvalue weighted by molar-refractivity contribution is 0.0587. The molecular weight excluding hydrogens is 480 g/mol. The first-order valence-electron chi connectivity index (χ1n) is 12.3. The van der Waals surface area contributed by atoms with Crippen molar-refractivity contribution in [3.63, 3.8) is 0 Å². The maximum atomic E-state index is 13.4. The summed E-state index contributed by atoms with van der Waals surface area (Å²) in [5, 5.41) is 12.5. The first kappa shape index (κ1) is 26.4. The molecule has 0 unspecified atom stereocenters. The van der Waals surface area contributed by atoms with Crippen molar-refractivity contribution in [2.75, 3.05) is 24.2 Å². The van der Waals surface area contributed by atoms with Crippen LogP contribution in [0.3, 0.4) is 0 Å². The van der Waals surface area contributed by atoms with Gasteiger partial charge in [-0.3, -0.25) is 14.7 Å². The zero-order valence-corrected chi connectivity index (χ0v) is 21.0. The lowest BCUT2D eigenvalue weighted by Gasteiger charge is -2.30. The number of aliphatic hydroxyl groups excluding tert-OH is 1. The highest BCUT2D eigenvalue weighted by atomic mass is 16.6. The molecule has 0 saturated heterocycles. The van der Waals surface area contributed by atoms with E-state index in [0.717, 1.165) is 11.1 Å². The van der Waals surface area contributed by atoms with E-state index in [1.807, 2.05) is 49.4 Å². The number of nitrogens with zero attached hydrogens (tertiary/aromatic N) is 2. The van der Waals surface area contributed by atoms with Crippen LogP contribution in [0, 0.1) is 0 Å². The van der Waals surface area contributed by atoms with Crippen LogP contribution in [0.1, 0.15) is 46.1 Å². The number of hydrogen-bond acceptors (Lipinski definition) is 6. The highest BCUT2D eigenvalue weighted by Gasteiger charge is 2.27. The van der Waals surface area contributed by atoms with Gasteiger partial charge in [-0.05, 0) is 60.0 Å². The number of pyridine rings is 1. The molecule has 4 rings (SSSR count). The molecule has 0 fully saturated rings. The van der Waals surface area contributed by atoms with Crippen LogP contribution < -0.4 is 11.1 Å². The summed E-state index contributed by atoms with van der Waals surface area (Å²) in [5.74, 6) is -0.303. The second-order valence-corrected chi connectivity index (χ2v) is 8.71. The lowest BCUT2D eigenvalue weighted by atomic mass is 10.00. The maximum absolute atomic E-state index is 13.4. The minimum absolute atomic E-state index is 0.103. The van der Waals surface area contributed by atoms with Crippen LogP contribution in [-0.4, -0.2) is 40.1 Å². The zero-order chi connectivity index (χ0) is 26.9. The number of amides is 2. The predicted molar refractivity (Wildman–Crippen MR) is 146 cm³/mol. The van der Waals surface area contributed by atoms with Crippen LogP contribution in [0.15, 0.2) is 103 Å². The summed E-state index contributed by atoms with van der Waals surface area (Å²) >= 11 is 0. The van der Waals surface area contributed by atoms with Crippen LogP contribution >= 0.6 is 0 Å². The van der Waals surface area contributed by atoms with E-state index in [4.69, 9.17) is 10.5 Å². The number of ether oxygens (including phenoxy) is 1. The van der Waals surface area contributed by atoms with Gasteiger partial charge in [-0.15, -0.1) is 0 Å². The van der Waals surface area contributed by atoms with Crippen molar-refractivity contribution in [3.05, 3.63) is 126 Å². The number of aromatic nitrogens is 1. The molecule has 4 N–H and O–H groups in total. The summed E-state index contributed by atoms with van der Waals surface area (Å²) in [7, 11) is 0. The number of nitrogen functional groups attached to an aromatic ring is 1. The summed E-state index contributed by atoms with van der Waals surface area (Å²) in [6, 6.07) is 26.6. The third kappa shape index (κ3) is 6.35. The van der Waals surface area contributed by atoms with E-state index in [1.165, 1.54) is 4.90 Å². The molecule has 8 nitrogen and oxygen atoms in total. The Balaban J connectivity index is 1.57. The Bertz CT molecular complexity index is 1350. The quantitative estimate of drug-likeness (QED) is 0.267. The van der Waals surface area contributed by atoms with E-state index in [0.29, 0.717) is 22.5 Å². The van der Waals surface area contributed by atoms with Crippen LogP contribution in [0.4, 0.5) is 16.2 Å². The van der Waals surface area contributed by atoms with Gasteiger partial charge in [0, 0.05) is 24.5 Å². The second-order valence-electron chi connectivity index (χ2n) is 8.71. The Morgan fingerprint density at radius 2 is 1.53 bits per heavy atom. The number of anilines is 2. The molecule has 2 amide bonds. The summed E-state index contributed by atoms with van der Waals surface area (Å²) in [6.45, 7) is 1.76. The molecular formula is C30H30N4O4. The van der Waals surface area contributed by atoms with Gasteiger partial charge in [0.15, 0.2) is 6.10 Å². The fraction of sp³-hybridized carbons (Fsp3) is 0.167. The minimum atomic E-state index is -0.726. The monoisotopic (exact) mass is 510 g/mol. The van der Waals surface area contributed by atoms with E-state index < -0.39 is 12.2 Å². The summed E-state index contributed by atoms with van der Waals surface area (Å²) < 4.78 is 6.03. The van der Waals surface area contributed by atoms with Crippen LogP contribution in [0.2, 0.25) is 0 Å². The lowest BCUT2D eigenvalue weighted by Crippen LogP contribution is -2.37. The number of benzene rings is 3. The van der Waals surface area contributed by atoms with Gasteiger partial charge in [0.25, 0.3) is 5.91 Å². The first-order chi connectivity index (χ1) is 18.5. The van der Waals surface area contributed by atoms with Gasteiger partial charge in [-0.2, -0.15) is 0 Å². The summed E-state index contributed by atoms with van der Waals surface area (Å²) in [5.41, 5.74) is 9.72. The van der Waals surface area contributed by atoms with Gasteiger partial charge in [0.05, 0.1) is 24.0 Å². The molecule has 0 aliphatic rings. The molecule has 38 heavy (non-hydrogen) atoms. The Morgan fingerprint density at radius 3 is 2.18 bits per heavy atom. The molecule has 0 radical (unpaired) electrons. The van der Waals surface area contributed by atoms with E-state index in [-0.39, 0.29) is 25.1 Å². The fourth-order valence-corrected chi connectivity index (χ4v) is 4.11. The third-order valence-corrected chi connectivity index (χ3v) is 6.24. The SMILES string of the molecule is C[C@@H](c1ccncc1)N(CCO)C(=O)O[C@@H](c1ccccc1)c1ccc(C(=O)Nc2ccccc2N)cc1. The van der Waals surface area contributed by atoms with Gasteiger partial charge in [0.1, 0.15) is 0 Å². The summed E-state index contributed by atoms with van der Waals surface area (Å²) in [4.78, 5) is 31.7. The van der Waals surface area contributed by atoms with E-state index in [1.54, 1.807) is 60.9 Å². The average molecular weight is 511 g/mol.